The molecule has 0 heterocycles. The molecule has 0 bridgehead atoms. The van der Waals surface area contributed by atoms with Gasteiger partial charge in [0.2, 0.25) is 0 Å². The molecule has 86 heavy (non-hydrogen) atoms. The molecule has 2 unspecified atom stereocenters. The average molecular weight is 1640 g/mol. The molecule has 0 aliphatic heterocycles. The van der Waals surface area contributed by atoms with Gasteiger partial charge < -0.3 is 14.1 Å². The molecule has 460 valence electrons. The zero-order valence-corrected chi connectivity index (χ0v) is 55.8. The van der Waals surface area contributed by atoms with E-state index in [1.54, 1.807) is 0 Å². The van der Waals surface area contributed by atoms with Crippen LogP contribution in [0.4, 0.5) is 42.2 Å². The molecule has 0 fully saturated rings. The summed E-state index contributed by atoms with van der Waals surface area (Å²) in [5.74, 6) is 0. The fourth-order valence-corrected chi connectivity index (χ4v) is 16.4. The van der Waals surface area contributed by atoms with Crippen LogP contribution in [0.25, 0.3) is 0 Å². The van der Waals surface area contributed by atoms with Gasteiger partial charge in [-0.05, 0) is 115 Å². The maximum atomic E-state index is 9.91. The molecule has 1 aliphatic carbocycles. The zero-order valence-electron chi connectivity index (χ0n) is 44.0. The molecule has 0 aromatic heterocycles. The van der Waals surface area contributed by atoms with Crippen LogP contribution in [0.5, 0.6) is 0 Å². The zero-order chi connectivity index (χ0) is 60.2. The van der Waals surface area contributed by atoms with Crippen LogP contribution in [0.2, 0.25) is 0 Å². The molecule has 2 atom stereocenters. The van der Waals surface area contributed by atoms with E-state index in [4.69, 9.17) is 0 Å². The Balaban J connectivity index is 0.000000354. The van der Waals surface area contributed by atoms with Gasteiger partial charge in [-0.25, -0.2) is 0 Å². The van der Waals surface area contributed by atoms with Crippen molar-refractivity contribution >= 4 is 117 Å². The second kappa shape index (κ2) is 33.8. The number of rotatable bonds is 13. The molecule has 0 amide bonds. The van der Waals surface area contributed by atoms with E-state index in [9.17, 15) is 42.2 Å². The molecule has 1 aliphatic rings. The van der Waals surface area contributed by atoms with Crippen molar-refractivity contribution in [3.63, 3.8) is 0 Å². The van der Waals surface area contributed by atoms with Gasteiger partial charge in [0.25, 0.3) is 0 Å². The van der Waals surface area contributed by atoms with Gasteiger partial charge in [-0.1, -0.05) is 169 Å². The van der Waals surface area contributed by atoms with E-state index in [0.717, 1.165) is 6.42 Å². The van der Waals surface area contributed by atoms with Gasteiger partial charge in [0.15, 0.2) is 44.4 Å². The summed E-state index contributed by atoms with van der Waals surface area (Å²) in [6, 6.07) is 92.2. The van der Waals surface area contributed by atoms with Crippen LogP contribution in [0.3, 0.4) is 0 Å². The van der Waals surface area contributed by atoms with Crippen molar-refractivity contribution in [1.29, 1.82) is 0 Å². The van der Waals surface area contributed by atoms with E-state index in [1.807, 2.05) is 23.5 Å². The Morgan fingerprint density at radius 1 is 0.279 bits per heavy atom. The van der Waals surface area contributed by atoms with Crippen LogP contribution in [-0.4, -0.2) is 66.2 Å². The Kier molecular flexibility index (Phi) is 29.8. The van der Waals surface area contributed by atoms with E-state index in [-0.39, 0.29) is 46.8 Å². The van der Waals surface area contributed by atoms with E-state index in [0.29, 0.717) is 5.25 Å². The van der Waals surface area contributed by atoms with E-state index < -0.39 is 60.9 Å². The average Bonchev–Trinajstić information content (AvgIpc) is 3.55. The maximum absolute atomic E-state index is 9.91. The third-order valence-electron chi connectivity index (χ3n) is 10.5. The smallest absolute Gasteiger partial charge is 0.0899 e. The number of benzene rings is 9. The molecule has 9 aromatic carbocycles. The number of allylic oxidation sites excluding steroid dienone is 3. The minimum Gasteiger partial charge on any atom is -0.0899 e. The van der Waals surface area contributed by atoms with E-state index in [1.165, 1.54) is 58.7 Å². The summed E-state index contributed by atoms with van der Waals surface area (Å²) >= 11 is -23.9. The molecular weight excluding hydrogens is 1590 g/mol. The first-order chi connectivity index (χ1) is 39.0. The normalized spacial score (nSPS) is 14.2. The second-order valence-electron chi connectivity index (χ2n) is 17.0. The largest absolute Gasteiger partial charge is 0.167 e. The molecule has 10 rings (SSSR count). The molecule has 9 aromatic rings. The summed E-state index contributed by atoms with van der Waals surface area (Å²) in [4.78, 5) is 16.0. The topological polar surface area (TPSA) is 0 Å². The van der Waals surface area contributed by atoms with Gasteiger partial charge in [-0.3, -0.25) is 0 Å². The predicted molar refractivity (Wildman–Crippen MR) is 315 cm³/mol. The Bertz CT molecular complexity index is 3310. The quantitative estimate of drug-likeness (QED) is 0.0641. The first-order valence-electron chi connectivity index (χ1n) is 24.3. The fraction of sp³-hybridized carbons (Fsp3) is 0.0333. The van der Waals surface area contributed by atoms with Crippen molar-refractivity contribution in [2.24, 2.45) is 0 Å². The molecule has 0 spiro atoms. The standard InChI is InChI=1S/C36H30S3.C24H19S2.18FH.3Sb/c1-5-17-31(18-6-1)38(32-19-7-2-8-20-32)35-25-13-15-29(27-35)37-30-16-14-26-36(28-30)39(33-21-9-3-10-22-33)34-23-11-4-12-24-34;1-4-11-20(12-5-1)25-21-13-10-18-24(19-21)26(22-14-6-2-7-15-22)23-16-8-3-9-17-23;;;;;;;;;;;;;;;;;;;;;/h1-23,25-28,34H,24H2;1-19H;18*1H;;;/q+2;+1;;;;;;;;;;;;;;;;;;;3*+5/p-18. The van der Waals surface area contributed by atoms with Crippen LogP contribution in [0, 0.1) is 0 Å². The van der Waals surface area contributed by atoms with Crippen LogP contribution >= 0.6 is 23.5 Å². The minimum absolute atomic E-state index is 0. The van der Waals surface area contributed by atoms with E-state index >= 15 is 0 Å². The Labute approximate surface area is 517 Å². The predicted octanol–water partition coefficient (Wildman–Crippen LogP) is 13.0. The Hall–Kier alpha value is -4.60. The minimum atomic E-state index is -9.19. The molecule has 26 heteroatoms. The number of halogens is 18. The Morgan fingerprint density at radius 2 is 0.523 bits per heavy atom. The summed E-state index contributed by atoms with van der Waals surface area (Å²) < 4.78 is 149. The molecule has 0 saturated heterocycles. The summed E-state index contributed by atoms with van der Waals surface area (Å²) in [6.45, 7) is 0. The molecule has 0 saturated carbocycles. The number of hydrogen-bond acceptors (Lipinski definition) is 2. The SMILES string of the molecule is C1=CCC([S+](c2ccccc2)c2cccc(Sc3cccc([S+](c4ccccc4)c4ccccc4)c3)c2)C=C1.[F-].[F-].[F-].[F][Sb]([F])([F])([F])[F].[F][Sb]([F])([F])([F])[F].[F][Sb]([F])([F])([F])[F].c1ccc(Sc2cccc([S+](c3ccccc3)c3ccccc3)c2)cc1. The van der Waals surface area contributed by atoms with Gasteiger partial charge >= 0.3 is 103 Å². The first-order valence-corrected chi connectivity index (χ1v) is 44.1. The molecular formula is C60H49F18S5Sb3. The second-order valence-corrected chi connectivity index (χ2v) is 36.5. The van der Waals surface area contributed by atoms with E-state index in [2.05, 4.69) is 279 Å². The van der Waals surface area contributed by atoms with Crippen molar-refractivity contribution in [2.45, 2.75) is 70.4 Å². The van der Waals surface area contributed by atoms with Gasteiger partial charge in [0, 0.05) is 44.2 Å². The van der Waals surface area contributed by atoms with Crippen LogP contribution in [-0.2, 0) is 32.7 Å². The summed E-state index contributed by atoms with van der Waals surface area (Å²) in [5, 5.41) is 0.486. The molecule has 0 nitrogen and oxygen atoms in total. The van der Waals surface area contributed by atoms with Gasteiger partial charge in [0.05, 0.1) is 32.7 Å². The third kappa shape index (κ3) is 31.0. The van der Waals surface area contributed by atoms with Crippen molar-refractivity contribution in [3.8, 4) is 0 Å². The van der Waals surface area contributed by atoms with Crippen molar-refractivity contribution in [1.82, 2.24) is 0 Å². The monoisotopic (exact) mass is 1630 g/mol. The molecule has 0 radical (unpaired) electrons. The first kappa shape index (κ1) is 75.7. The summed E-state index contributed by atoms with van der Waals surface area (Å²) in [7, 11) is -0.263. The van der Waals surface area contributed by atoms with Gasteiger partial charge in [0.1, 0.15) is 0 Å². The van der Waals surface area contributed by atoms with Crippen LogP contribution in [0.15, 0.2) is 338 Å². The third-order valence-corrected chi connectivity index (χ3v) is 19.4. The van der Waals surface area contributed by atoms with Crippen molar-refractivity contribution < 1.29 is 56.3 Å². The van der Waals surface area contributed by atoms with Crippen molar-refractivity contribution in [3.05, 3.63) is 279 Å². The van der Waals surface area contributed by atoms with Gasteiger partial charge in [-0.15, -0.1) is 0 Å². The van der Waals surface area contributed by atoms with Crippen molar-refractivity contribution in [2.75, 3.05) is 0 Å². The Morgan fingerprint density at radius 3 is 0.826 bits per heavy atom. The van der Waals surface area contributed by atoms with Crippen LogP contribution < -0.4 is 14.1 Å². The van der Waals surface area contributed by atoms with Crippen LogP contribution in [0.1, 0.15) is 6.42 Å². The summed E-state index contributed by atoms with van der Waals surface area (Å²) in [5.41, 5.74) is 0. The van der Waals surface area contributed by atoms with Gasteiger partial charge in [-0.2, -0.15) is 0 Å². The number of hydrogen-bond donors (Lipinski definition) is 0. The summed E-state index contributed by atoms with van der Waals surface area (Å²) in [6.07, 6.45) is 10.1. The molecule has 0 N–H and O–H groups in total. The fourth-order valence-electron chi connectivity index (χ4n) is 7.59. The maximum Gasteiger partial charge on any atom is 0.167 e.